The molecule has 0 aliphatic carbocycles. The van der Waals surface area contributed by atoms with Crippen molar-refractivity contribution < 1.29 is 14.0 Å². The summed E-state index contributed by atoms with van der Waals surface area (Å²) >= 11 is 0. The molecule has 1 rings (SSSR count). The second-order valence-electron chi connectivity index (χ2n) is 3.97. The van der Waals surface area contributed by atoms with E-state index >= 15 is 0 Å². The van der Waals surface area contributed by atoms with Crippen molar-refractivity contribution in [1.29, 1.82) is 0 Å². The van der Waals surface area contributed by atoms with E-state index in [1.165, 1.54) is 24.3 Å². The average Bonchev–Trinajstić information content (AvgIpc) is 2.38. The van der Waals surface area contributed by atoms with Gasteiger partial charge >= 0.3 is 0 Å². The van der Waals surface area contributed by atoms with Gasteiger partial charge in [-0.15, -0.1) is 0 Å². The van der Waals surface area contributed by atoms with Gasteiger partial charge in [-0.2, -0.15) is 5.10 Å². The van der Waals surface area contributed by atoms with Gasteiger partial charge in [0.1, 0.15) is 5.82 Å². The third kappa shape index (κ3) is 5.76. The van der Waals surface area contributed by atoms with Crippen molar-refractivity contribution >= 4 is 23.2 Å². The summed E-state index contributed by atoms with van der Waals surface area (Å²) in [5.41, 5.74) is 3.33. The number of carbonyl (C=O) groups excluding carboxylic acids is 2. The van der Waals surface area contributed by atoms with Crippen LogP contribution in [0.2, 0.25) is 0 Å². The Labute approximate surface area is 110 Å². The maximum Gasteiger partial charge on any atom is 0.239 e. The van der Waals surface area contributed by atoms with Gasteiger partial charge in [-0.3, -0.25) is 9.59 Å². The van der Waals surface area contributed by atoms with Crippen LogP contribution < -0.4 is 10.7 Å². The van der Waals surface area contributed by atoms with Gasteiger partial charge in [-0.05, 0) is 31.2 Å². The first-order chi connectivity index (χ1) is 9.01. The molecule has 0 saturated carbocycles. The van der Waals surface area contributed by atoms with Crippen molar-refractivity contribution in [3.05, 3.63) is 30.1 Å². The van der Waals surface area contributed by atoms with Crippen LogP contribution >= 0.6 is 0 Å². The van der Waals surface area contributed by atoms with E-state index in [0.29, 0.717) is 17.8 Å². The van der Waals surface area contributed by atoms with Gasteiger partial charge in [0.2, 0.25) is 11.8 Å². The smallest absolute Gasteiger partial charge is 0.239 e. The standard InChI is InChI=1S/C13H16FN3O2/c1-3-12(18)17-16-9(2)8-13(19)15-11-6-4-10(14)5-7-11/h4-7H,3,8H2,1-2H3,(H,15,19)(H,17,18). The second kappa shape index (κ2) is 7.25. The summed E-state index contributed by atoms with van der Waals surface area (Å²) in [6, 6.07) is 5.47. The highest BCUT2D eigenvalue weighted by Gasteiger charge is 2.05. The summed E-state index contributed by atoms with van der Waals surface area (Å²) in [7, 11) is 0. The number of nitrogens with one attached hydrogen (secondary N) is 2. The highest BCUT2D eigenvalue weighted by atomic mass is 19.1. The van der Waals surface area contributed by atoms with Crippen LogP contribution in [0.3, 0.4) is 0 Å². The monoisotopic (exact) mass is 265 g/mol. The summed E-state index contributed by atoms with van der Waals surface area (Å²) in [6.45, 7) is 3.35. The number of amides is 2. The Bertz CT molecular complexity index is 483. The Morgan fingerprint density at radius 3 is 2.42 bits per heavy atom. The first-order valence-corrected chi connectivity index (χ1v) is 5.88. The quantitative estimate of drug-likeness (QED) is 0.632. The molecule has 0 fully saturated rings. The van der Waals surface area contributed by atoms with Crippen molar-refractivity contribution in [2.24, 2.45) is 5.10 Å². The molecule has 0 aromatic heterocycles. The molecule has 1 aromatic rings. The zero-order valence-corrected chi connectivity index (χ0v) is 10.9. The number of hydrogen-bond donors (Lipinski definition) is 2. The number of nitrogens with zero attached hydrogens (tertiary/aromatic N) is 1. The summed E-state index contributed by atoms with van der Waals surface area (Å²) in [6.07, 6.45) is 0.389. The molecule has 19 heavy (non-hydrogen) atoms. The van der Waals surface area contributed by atoms with Crippen molar-refractivity contribution in [3.63, 3.8) is 0 Å². The fourth-order valence-corrected chi connectivity index (χ4v) is 1.25. The van der Waals surface area contributed by atoms with Gasteiger partial charge in [0, 0.05) is 17.8 Å². The summed E-state index contributed by atoms with van der Waals surface area (Å²) in [5.74, 6) is -0.852. The van der Waals surface area contributed by atoms with Crippen molar-refractivity contribution in [1.82, 2.24) is 5.43 Å². The van der Waals surface area contributed by atoms with E-state index in [0.717, 1.165) is 0 Å². The molecule has 0 saturated heterocycles. The molecule has 6 heteroatoms. The van der Waals surface area contributed by atoms with Crippen LogP contribution in [-0.2, 0) is 9.59 Å². The van der Waals surface area contributed by atoms with Crippen LogP contribution in [0.25, 0.3) is 0 Å². The molecule has 0 bridgehead atoms. The summed E-state index contributed by atoms with van der Waals surface area (Å²) in [5, 5.41) is 6.39. The van der Waals surface area contributed by atoms with Gasteiger partial charge in [0.15, 0.2) is 0 Å². The fraction of sp³-hybridized carbons (Fsp3) is 0.308. The molecule has 1 aromatic carbocycles. The predicted octanol–water partition coefficient (Wildman–Crippen LogP) is 2.06. The molecule has 2 N–H and O–H groups in total. The van der Waals surface area contributed by atoms with Crippen molar-refractivity contribution in [2.45, 2.75) is 26.7 Å². The zero-order chi connectivity index (χ0) is 14.3. The van der Waals surface area contributed by atoms with Gasteiger partial charge in [0.25, 0.3) is 0 Å². The van der Waals surface area contributed by atoms with Crippen LogP contribution in [-0.4, -0.2) is 17.5 Å². The van der Waals surface area contributed by atoms with Gasteiger partial charge in [-0.1, -0.05) is 6.92 Å². The highest BCUT2D eigenvalue weighted by molar-refractivity contribution is 6.05. The fourth-order valence-electron chi connectivity index (χ4n) is 1.25. The number of anilines is 1. The van der Waals surface area contributed by atoms with Gasteiger partial charge in [-0.25, -0.2) is 9.82 Å². The Hall–Kier alpha value is -2.24. The number of hydrogen-bond acceptors (Lipinski definition) is 3. The van der Waals surface area contributed by atoms with Crippen molar-refractivity contribution in [2.75, 3.05) is 5.32 Å². The number of carbonyl (C=O) groups is 2. The topological polar surface area (TPSA) is 70.6 Å². The molecule has 0 unspecified atom stereocenters. The third-order valence-corrected chi connectivity index (χ3v) is 2.24. The Kier molecular flexibility index (Phi) is 5.66. The lowest BCUT2D eigenvalue weighted by Gasteiger charge is -2.05. The summed E-state index contributed by atoms with van der Waals surface area (Å²) < 4.78 is 12.7. The molecule has 2 amide bonds. The summed E-state index contributed by atoms with van der Waals surface area (Å²) in [4.78, 5) is 22.6. The third-order valence-electron chi connectivity index (χ3n) is 2.24. The lowest BCUT2D eigenvalue weighted by molar-refractivity contribution is -0.121. The van der Waals surface area contributed by atoms with E-state index in [1.54, 1.807) is 13.8 Å². The van der Waals surface area contributed by atoms with Crippen LogP contribution in [0.1, 0.15) is 26.7 Å². The maximum atomic E-state index is 12.7. The molecular weight excluding hydrogens is 249 g/mol. The number of rotatable bonds is 5. The molecule has 0 atom stereocenters. The maximum absolute atomic E-state index is 12.7. The molecular formula is C13H16FN3O2. The second-order valence-corrected chi connectivity index (χ2v) is 3.97. The number of hydrazone groups is 1. The largest absolute Gasteiger partial charge is 0.326 e. The van der Waals surface area contributed by atoms with Gasteiger partial charge in [0.05, 0.1) is 6.42 Å². The van der Waals surface area contributed by atoms with E-state index < -0.39 is 0 Å². The molecule has 0 aliphatic heterocycles. The average molecular weight is 265 g/mol. The molecule has 0 aliphatic rings. The van der Waals surface area contributed by atoms with E-state index in [1.807, 2.05) is 0 Å². The number of halogens is 1. The first-order valence-electron chi connectivity index (χ1n) is 5.88. The molecule has 102 valence electrons. The Balaban J connectivity index is 2.46. The van der Waals surface area contributed by atoms with E-state index in [4.69, 9.17) is 0 Å². The molecule has 5 nitrogen and oxygen atoms in total. The lowest BCUT2D eigenvalue weighted by atomic mass is 10.2. The van der Waals surface area contributed by atoms with Crippen LogP contribution in [0.5, 0.6) is 0 Å². The highest BCUT2D eigenvalue weighted by Crippen LogP contribution is 2.08. The molecule has 0 heterocycles. The van der Waals surface area contributed by atoms with E-state index in [9.17, 15) is 14.0 Å². The molecule has 0 spiro atoms. The minimum Gasteiger partial charge on any atom is -0.326 e. The van der Waals surface area contributed by atoms with E-state index in [2.05, 4.69) is 15.8 Å². The zero-order valence-electron chi connectivity index (χ0n) is 10.9. The molecule has 0 radical (unpaired) electrons. The van der Waals surface area contributed by atoms with Crippen LogP contribution in [0.15, 0.2) is 29.4 Å². The lowest BCUT2D eigenvalue weighted by Crippen LogP contribution is -2.20. The van der Waals surface area contributed by atoms with Crippen molar-refractivity contribution in [3.8, 4) is 0 Å². The SMILES string of the molecule is CCC(=O)NN=C(C)CC(=O)Nc1ccc(F)cc1. The van der Waals surface area contributed by atoms with Crippen LogP contribution in [0, 0.1) is 5.82 Å². The minimum atomic E-state index is -0.363. The van der Waals surface area contributed by atoms with Crippen LogP contribution in [0.4, 0.5) is 10.1 Å². The van der Waals surface area contributed by atoms with Gasteiger partial charge < -0.3 is 5.32 Å². The van der Waals surface area contributed by atoms with E-state index in [-0.39, 0.29) is 24.1 Å². The normalized spacial score (nSPS) is 11.0. The number of benzene rings is 1. The first kappa shape index (κ1) is 14.8. The Morgan fingerprint density at radius 1 is 1.21 bits per heavy atom. The Morgan fingerprint density at radius 2 is 1.84 bits per heavy atom. The minimum absolute atomic E-state index is 0.0569. The predicted molar refractivity (Wildman–Crippen MR) is 71.2 cm³/mol.